The summed E-state index contributed by atoms with van der Waals surface area (Å²) < 4.78 is 33.5. The summed E-state index contributed by atoms with van der Waals surface area (Å²) in [5, 5.41) is 1.94. The summed E-state index contributed by atoms with van der Waals surface area (Å²) in [7, 11) is 1.59. The number of nitrogens with one attached hydrogen (secondary N) is 1. The number of fused-ring (bicyclic) bond motifs is 3. The minimum Gasteiger partial charge on any atom is -0.373 e. The molecule has 3 aromatic rings. The summed E-state index contributed by atoms with van der Waals surface area (Å²) in [5.41, 5.74) is 0.876. The largest absolute Gasteiger partial charge is 0.373 e. The second-order valence-electron chi connectivity index (χ2n) is 6.24. The summed E-state index contributed by atoms with van der Waals surface area (Å²) in [6.45, 7) is 0.273. The van der Waals surface area contributed by atoms with E-state index in [2.05, 4.69) is 4.98 Å². The molecule has 140 valence electrons. The molecule has 0 radical (unpaired) electrons. The number of aromatic nitrogens is 1. The van der Waals surface area contributed by atoms with E-state index in [4.69, 9.17) is 16.3 Å². The number of rotatable bonds is 2. The standard InChI is InChI=1S/C18H13ClF2N2O3S/c1-23(18(25)8-2-15(19)27-7-8)14-6-26-5-13-16(14)9-3-11(20)12(21)4-10(9)17(24)22-13/h2-4,7,14H,5-6H2,1H3,(H,22,24). The predicted octanol–water partition coefficient (Wildman–Crippen LogP) is 3.86. The van der Waals surface area contributed by atoms with E-state index in [0.717, 1.165) is 12.1 Å². The van der Waals surface area contributed by atoms with Crippen molar-refractivity contribution >= 4 is 39.6 Å². The first-order valence-corrected chi connectivity index (χ1v) is 9.25. The van der Waals surface area contributed by atoms with Crippen LogP contribution in [0.5, 0.6) is 0 Å². The quantitative estimate of drug-likeness (QED) is 0.697. The number of amides is 1. The van der Waals surface area contributed by atoms with Gasteiger partial charge in [0, 0.05) is 23.7 Å². The highest BCUT2D eigenvalue weighted by Gasteiger charge is 2.31. The van der Waals surface area contributed by atoms with Crippen molar-refractivity contribution in [2.45, 2.75) is 12.6 Å². The average Bonchev–Trinajstić information content (AvgIpc) is 3.08. The van der Waals surface area contributed by atoms with Crippen LogP contribution in [-0.2, 0) is 11.3 Å². The Morgan fingerprint density at radius 2 is 2.00 bits per heavy atom. The van der Waals surface area contributed by atoms with Gasteiger partial charge in [0.15, 0.2) is 11.6 Å². The number of ether oxygens (including phenoxy) is 1. The second kappa shape index (κ2) is 6.70. The number of benzene rings is 1. The van der Waals surface area contributed by atoms with Gasteiger partial charge < -0.3 is 14.6 Å². The zero-order valence-corrected chi connectivity index (χ0v) is 15.6. The third kappa shape index (κ3) is 3.03. The van der Waals surface area contributed by atoms with Gasteiger partial charge in [-0.15, -0.1) is 11.3 Å². The van der Waals surface area contributed by atoms with Gasteiger partial charge in [0.2, 0.25) is 0 Å². The van der Waals surface area contributed by atoms with Gasteiger partial charge >= 0.3 is 0 Å². The number of hydrogen-bond donors (Lipinski definition) is 1. The highest BCUT2D eigenvalue weighted by Crippen LogP contribution is 2.34. The van der Waals surface area contributed by atoms with E-state index in [9.17, 15) is 18.4 Å². The molecule has 0 saturated heterocycles. The first-order valence-electron chi connectivity index (χ1n) is 7.99. The van der Waals surface area contributed by atoms with E-state index in [1.165, 1.54) is 16.2 Å². The van der Waals surface area contributed by atoms with Gasteiger partial charge in [-0.1, -0.05) is 11.6 Å². The fourth-order valence-corrected chi connectivity index (χ4v) is 4.17. The molecule has 5 nitrogen and oxygen atoms in total. The predicted molar refractivity (Wildman–Crippen MR) is 98.3 cm³/mol. The van der Waals surface area contributed by atoms with Crippen LogP contribution in [0.1, 0.15) is 27.7 Å². The number of likely N-dealkylation sites (N-methyl/N-ethyl adjacent to an activating group) is 1. The molecule has 0 bridgehead atoms. The zero-order valence-electron chi connectivity index (χ0n) is 14.0. The molecule has 27 heavy (non-hydrogen) atoms. The third-order valence-electron chi connectivity index (χ3n) is 4.64. The van der Waals surface area contributed by atoms with Crippen LogP contribution in [0, 0.1) is 11.6 Å². The highest BCUT2D eigenvalue weighted by molar-refractivity contribution is 7.14. The van der Waals surface area contributed by atoms with Crippen LogP contribution in [0.2, 0.25) is 4.34 Å². The molecule has 1 atom stereocenters. The Morgan fingerprint density at radius 3 is 2.67 bits per heavy atom. The molecule has 3 heterocycles. The summed E-state index contributed by atoms with van der Waals surface area (Å²) >= 11 is 7.15. The number of carbonyl (C=O) groups excluding carboxylic acids is 1. The molecule has 0 aliphatic carbocycles. The van der Waals surface area contributed by atoms with Crippen LogP contribution in [0.4, 0.5) is 8.78 Å². The summed E-state index contributed by atoms with van der Waals surface area (Å²) in [5.74, 6) is -2.45. The average molecular weight is 411 g/mol. The number of pyridine rings is 1. The molecule has 1 N–H and O–H groups in total. The first kappa shape index (κ1) is 18.1. The number of carbonyl (C=O) groups is 1. The third-order valence-corrected chi connectivity index (χ3v) is 5.73. The lowest BCUT2D eigenvalue weighted by molar-refractivity contribution is 0.0336. The number of H-pyrrole nitrogens is 1. The molecule has 0 spiro atoms. The van der Waals surface area contributed by atoms with Crippen LogP contribution in [0.25, 0.3) is 10.8 Å². The maximum atomic E-state index is 13.9. The smallest absolute Gasteiger partial charge is 0.256 e. The minimum atomic E-state index is -1.10. The molecule has 4 rings (SSSR count). The molecule has 1 aliphatic rings. The lowest BCUT2D eigenvalue weighted by Crippen LogP contribution is -2.37. The minimum absolute atomic E-state index is 0.0268. The lowest BCUT2D eigenvalue weighted by Gasteiger charge is -2.33. The fraction of sp³-hybridized carbons (Fsp3) is 0.222. The van der Waals surface area contributed by atoms with Crippen LogP contribution < -0.4 is 5.56 Å². The van der Waals surface area contributed by atoms with Gasteiger partial charge in [0.25, 0.3) is 11.5 Å². The zero-order chi connectivity index (χ0) is 19.3. The number of aromatic amines is 1. The molecular formula is C18H13ClF2N2O3S. The van der Waals surface area contributed by atoms with Gasteiger partial charge in [-0.05, 0) is 23.6 Å². The molecule has 9 heteroatoms. The van der Waals surface area contributed by atoms with Crippen molar-refractivity contribution in [1.82, 2.24) is 9.88 Å². The SMILES string of the molecule is CN(C(=O)c1csc(Cl)c1)C1COCc2[nH]c(=O)c3cc(F)c(F)cc3c21. The van der Waals surface area contributed by atoms with Crippen molar-refractivity contribution in [3.63, 3.8) is 0 Å². The normalized spacial score (nSPS) is 16.4. The second-order valence-corrected chi connectivity index (χ2v) is 7.79. The number of halogens is 3. The molecule has 2 aromatic heterocycles. The first-order chi connectivity index (χ1) is 12.9. The van der Waals surface area contributed by atoms with Crippen molar-refractivity contribution in [3.8, 4) is 0 Å². The Morgan fingerprint density at radius 1 is 1.30 bits per heavy atom. The monoisotopic (exact) mass is 410 g/mol. The maximum absolute atomic E-state index is 13.9. The van der Waals surface area contributed by atoms with Crippen LogP contribution >= 0.6 is 22.9 Å². The van der Waals surface area contributed by atoms with E-state index in [0.29, 0.717) is 21.2 Å². The number of hydrogen-bond acceptors (Lipinski definition) is 4. The van der Waals surface area contributed by atoms with Crippen molar-refractivity contribution < 1.29 is 18.3 Å². The highest BCUT2D eigenvalue weighted by atomic mass is 35.5. The molecule has 1 amide bonds. The van der Waals surface area contributed by atoms with Gasteiger partial charge in [0.05, 0.1) is 34.5 Å². The van der Waals surface area contributed by atoms with E-state index < -0.39 is 23.2 Å². The van der Waals surface area contributed by atoms with E-state index in [-0.39, 0.29) is 29.9 Å². The Balaban J connectivity index is 1.87. The van der Waals surface area contributed by atoms with E-state index >= 15 is 0 Å². The van der Waals surface area contributed by atoms with Crippen molar-refractivity contribution in [3.05, 3.63) is 66.7 Å². The van der Waals surface area contributed by atoms with Gasteiger partial charge in [-0.3, -0.25) is 9.59 Å². The Bertz CT molecular complexity index is 1130. The van der Waals surface area contributed by atoms with Crippen LogP contribution in [-0.4, -0.2) is 29.4 Å². The summed E-state index contributed by atoms with van der Waals surface area (Å²) in [6.07, 6.45) is 0. The molecule has 1 unspecified atom stereocenters. The van der Waals surface area contributed by atoms with Crippen molar-refractivity contribution in [1.29, 1.82) is 0 Å². The molecule has 0 fully saturated rings. The number of thiophene rings is 1. The van der Waals surface area contributed by atoms with Crippen LogP contribution in [0.15, 0.2) is 28.4 Å². The molecular weight excluding hydrogens is 398 g/mol. The Labute approximate surface area is 161 Å². The van der Waals surface area contributed by atoms with Crippen molar-refractivity contribution in [2.24, 2.45) is 0 Å². The van der Waals surface area contributed by atoms with Crippen molar-refractivity contribution in [2.75, 3.05) is 13.7 Å². The van der Waals surface area contributed by atoms with Crippen LogP contribution in [0.3, 0.4) is 0 Å². The maximum Gasteiger partial charge on any atom is 0.256 e. The fourth-order valence-electron chi connectivity index (χ4n) is 3.32. The molecule has 0 saturated carbocycles. The van der Waals surface area contributed by atoms with Gasteiger partial charge in [-0.25, -0.2) is 8.78 Å². The Kier molecular flexibility index (Phi) is 4.49. The van der Waals surface area contributed by atoms with Gasteiger partial charge in [-0.2, -0.15) is 0 Å². The Hall–Kier alpha value is -2.29. The molecule has 1 aliphatic heterocycles. The summed E-state index contributed by atoms with van der Waals surface area (Å²) in [4.78, 5) is 29.2. The topological polar surface area (TPSA) is 62.4 Å². The lowest BCUT2D eigenvalue weighted by atomic mass is 9.95. The molecule has 1 aromatic carbocycles. The van der Waals surface area contributed by atoms with E-state index in [1.807, 2.05) is 0 Å². The number of nitrogens with zero attached hydrogens (tertiary/aromatic N) is 1. The van der Waals surface area contributed by atoms with Gasteiger partial charge in [0.1, 0.15) is 0 Å². The summed E-state index contributed by atoms with van der Waals surface area (Å²) in [6, 6.07) is 2.85. The van der Waals surface area contributed by atoms with E-state index in [1.54, 1.807) is 18.5 Å².